The Bertz CT molecular complexity index is 1320. The van der Waals surface area contributed by atoms with E-state index in [1.165, 1.54) is 0 Å². The highest BCUT2D eigenvalue weighted by molar-refractivity contribution is 5.94. The van der Waals surface area contributed by atoms with Crippen LogP contribution < -0.4 is 10.6 Å². The van der Waals surface area contributed by atoms with Crippen LogP contribution in [0.15, 0.2) is 36.7 Å². The van der Waals surface area contributed by atoms with Gasteiger partial charge in [0.2, 0.25) is 5.95 Å². The van der Waals surface area contributed by atoms with Crippen LogP contribution >= 0.6 is 0 Å². The van der Waals surface area contributed by atoms with Gasteiger partial charge in [0, 0.05) is 43.0 Å². The van der Waals surface area contributed by atoms with Crippen LogP contribution in [-0.2, 0) is 4.74 Å². The number of nitrogens with zero attached hydrogens (tertiary/aromatic N) is 6. The van der Waals surface area contributed by atoms with E-state index in [2.05, 4.69) is 37.5 Å². The van der Waals surface area contributed by atoms with Gasteiger partial charge < -0.3 is 24.8 Å². The van der Waals surface area contributed by atoms with Crippen molar-refractivity contribution in [2.24, 2.45) is 0 Å². The number of carbonyl (C=O) groups is 1. The quantitative estimate of drug-likeness (QED) is 0.381. The van der Waals surface area contributed by atoms with Crippen molar-refractivity contribution in [1.82, 2.24) is 34.6 Å². The van der Waals surface area contributed by atoms with E-state index in [-0.39, 0.29) is 23.6 Å². The first-order valence-electron chi connectivity index (χ1n) is 14.6. The first-order valence-corrected chi connectivity index (χ1v) is 14.6. The minimum absolute atomic E-state index is 0.0241. The molecule has 2 aromatic heterocycles. The number of imidazole rings is 1. The van der Waals surface area contributed by atoms with Crippen molar-refractivity contribution in [3.8, 4) is 11.4 Å². The number of halogens is 1. The third kappa shape index (κ3) is 6.91. The Labute approximate surface area is 241 Å². The molecule has 0 unspecified atom stereocenters. The molecule has 5 rings (SSSR count). The van der Waals surface area contributed by atoms with Gasteiger partial charge in [-0.15, -0.1) is 0 Å². The molecule has 11 heteroatoms. The van der Waals surface area contributed by atoms with Crippen molar-refractivity contribution in [3.63, 3.8) is 0 Å². The van der Waals surface area contributed by atoms with Crippen LogP contribution in [0.25, 0.3) is 11.4 Å². The van der Waals surface area contributed by atoms with Crippen LogP contribution in [0.3, 0.4) is 0 Å². The molecule has 1 amide bonds. The van der Waals surface area contributed by atoms with Crippen molar-refractivity contribution in [1.29, 1.82) is 0 Å². The van der Waals surface area contributed by atoms with Gasteiger partial charge in [0.25, 0.3) is 5.91 Å². The lowest BCUT2D eigenvalue weighted by atomic mass is 10.1. The van der Waals surface area contributed by atoms with Crippen LogP contribution in [0.4, 0.5) is 16.0 Å². The van der Waals surface area contributed by atoms with Gasteiger partial charge in [-0.05, 0) is 84.4 Å². The minimum Gasteiger partial charge on any atom is -0.377 e. The minimum atomic E-state index is -0.512. The zero-order valence-electron chi connectivity index (χ0n) is 24.4. The monoisotopic (exact) mass is 564 g/mol. The fourth-order valence-corrected chi connectivity index (χ4v) is 5.69. The number of likely N-dealkylation sites (N-methyl/N-ethyl adjacent to an activating group) is 1. The maximum absolute atomic E-state index is 14.7. The summed E-state index contributed by atoms with van der Waals surface area (Å²) in [6.45, 7) is 11.0. The van der Waals surface area contributed by atoms with E-state index in [9.17, 15) is 9.18 Å². The summed E-state index contributed by atoms with van der Waals surface area (Å²) in [5.74, 6) is 0.572. The first kappa shape index (κ1) is 29.1. The number of benzene rings is 1. The molecule has 2 saturated heterocycles. The van der Waals surface area contributed by atoms with Crippen LogP contribution in [0.5, 0.6) is 0 Å². The Hall–Kier alpha value is -3.41. The van der Waals surface area contributed by atoms with Crippen LogP contribution in [0.1, 0.15) is 55.3 Å². The lowest BCUT2D eigenvalue weighted by molar-refractivity contribution is 0.0187. The number of ether oxygens (including phenoxy) is 1. The van der Waals surface area contributed by atoms with Gasteiger partial charge in [0.15, 0.2) is 5.82 Å². The molecule has 0 bridgehead atoms. The van der Waals surface area contributed by atoms with Gasteiger partial charge in [0.05, 0.1) is 30.8 Å². The molecule has 220 valence electrons. The van der Waals surface area contributed by atoms with Gasteiger partial charge in [-0.25, -0.2) is 19.3 Å². The Morgan fingerprint density at radius 2 is 1.93 bits per heavy atom. The third-order valence-electron chi connectivity index (χ3n) is 8.03. The summed E-state index contributed by atoms with van der Waals surface area (Å²) in [5.41, 5.74) is 2.13. The smallest absolute Gasteiger partial charge is 0.253 e. The molecule has 3 aromatic rings. The van der Waals surface area contributed by atoms with Gasteiger partial charge in [-0.3, -0.25) is 9.69 Å². The molecule has 0 radical (unpaired) electrons. The number of likely N-dealkylation sites (tertiary alicyclic amines) is 1. The molecule has 10 nitrogen and oxygen atoms in total. The number of rotatable bonds is 10. The summed E-state index contributed by atoms with van der Waals surface area (Å²) < 4.78 is 22.7. The highest BCUT2D eigenvalue weighted by Gasteiger charge is 2.29. The topological polar surface area (TPSA) is 100 Å². The zero-order valence-corrected chi connectivity index (χ0v) is 24.4. The second-order valence-electron chi connectivity index (χ2n) is 11.2. The van der Waals surface area contributed by atoms with Gasteiger partial charge in [-0.2, -0.15) is 0 Å². The fourth-order valence-electron chi connectivity index (χ4n) is 5.69. The summed E-state index contributed by atoms with van der Waals surface area (Å²) in [6.07, 6.45) is 6.26. The Morgan fingerprint density at radius 3 is 2.66 bits per heavy atom. The predicted molar refractivity (Wildman–Crippen MR) is 157 cm³/mol. The Kier molecular flexibility index (Phi) is 9.26. The molecule has 1 atom stereocenters. The average molecular weight is 565 g/mol. The number of nitrogens with one attached hydrogen (secondary N) is 2. The normalized spacial score (nSPS) is 18.0. The van der Waals surface area contributed by atoms with E-state index < -0.39 is 5.82 Å². The predicted octanol–water partition coefficient (Wildman–Crippen LogP) is 4.03. The molecule has 2 fully saturated rings. The third-order valence-corrected chi connectivity index (χ3v) is 8.03. The van der Waals surface area contributed by atoms with E-state index in [0.717, 1.165) is 64.1 Å². The standard InChI is InChI=1S/C30H41FN8O2/c1-20(2)39-21(3)33-18-27(39)28-26(31)17-34-30(36-28)35-23-7-5-22(6-8-23)29(40)38-14-11-24(19-38)37(4)15-16-41-25-9-12-32-13-10-25/h5-8,17-18,20,24-25,32H,9-16,19H2,1-4H3,(H,34,35,36)/t24-/m0/s1. The molecular weight excluding hydrogens is 523 g/mol. The molecule has 2 aliphatic rings. The van der Waals surface area contributed by atoms with E-state index in [1.54, 1.807) is 18.3 Å². The number of hydrogen-bond donors (Lipinski definition) is 2. The summed E-state index contributed by atoms with van der Waals surface area (Å²) in [4.78, 5) is 30.3. The number of carbonyl (C=O) groups excluding carboxylic acids is 1. The highest BCUT2D eigenvalue weighted by atomic mass is 19.1. The molecule has 0 saturated carbocycles. The van der Waals surface area contributed by atoms with Crippen LogP contribution in [0.2, 0.25) is 0 Å². The second-order valence-corrected chi connectivity index (χ2v) is 11.2. The number of amides is 1. The van der Waals surface area contributed by atoms with Gasteiger partial charge in [0.1, 0.15) is 11.5 Å². The number of piperidine rings is 1. The summed E-state index contributed by atoms with van der Waals surface area (Å²) in [7, 11) is 2.12. The van der Waals surface area contributed by atoms with E-state index >= 15 is 0 Å². The molecule has 0 aliphatic carbocycles. The fraction of sp³-hybridized carbons (Fsp3) is 0.533. The molecular formula is C30H41FN8O2. The molecule has 2 aliphatic heterocycles. The number of aryl methyl sites for hydroxylation is 1. The van der Waals surface area contributed by atoms with Crippen LogP contribution in [0, 0.1) is 12.7 Å². The van der Waals surface area contributed by atoms with Crippen molar-refractivity contribution in [3.05, 3.63) is 53.9 Å². The summed E-state index contributed by atoms with van der Waals surface area (Å²) in [6, 6.07) is 7.68. The Morgan fingerprint density at radius 1 is 1.17 bits per heavy atom. The summed E-state index contributed by atoms with van der Waals surface area (Å²) >= 11 is 0. The highest BCUT2D eigenvalue weighted by Crippen LogP contribution is 2.27. The molecule has 0 spiro atoms. The molecule has 4 heterocycles. The largest absolute Gasteiger partial charge is 0.377 e. The van der Waals surface area contributed by atoms with E-state index in [4.69, 9.17) is 4.74 Å². The molecule has 2 N–H and O–H groups in total. The number of anilines is 2. The SMILES string of the molecule is Cc1ncc(-c2nc(Nc3ccc(C(=O)N4CC[C@H](N(C)CCOC5CCNCC5)C4)cc3)ncc2F)n1C(C)C. The average Bonchev–Trinajstić information content (AvgIpc) is 3.62. The Balaban J connectivity index is 1.16. The lowest BCUT2D eigenvalue weighted by Gasteiger charge is -2.27. The van der Waals surface area contributed by atoms with Crippen LogP contribution in [-0.4, -0.2) is 93.8 Å². The summed E-state index contributed by atoms with van der Waals surface area (Å²) in [5, 5.41) is 6.50. The lowest BCUT2D eigenvalue weighted by Crippen LogP contribution is -2.39. The van der Waals surface area contributed by atoms with Crippen molar-refractivity contribution >= 4 is 17.5 Å². The molecule has 41 heavy (non-hydrogen) atoms. The zero-order chi connectivity index (χ0) is 28.9. The number of hydrogen-bond acceptors (Lipinski definition) is 8. The van der Waals surface area contributed by atoms with Crippen molar-refractivity contribution in [2.75, 3.05) is 51.7 Å². The van der Waals surface area contributed by atoms with Crippen molar-refractivity contribution in [2.45, 2.75) is 58.2 Å². The maximum atomic E-state index is 14.7. The van der Waals surface area contributed by atoms with E-state index in [1.807, 2.05) is 42.4 Å². The first-order chi connectivity index (χ1) is 19.8. The van der Waals surface area contributed by atoms with E-state index in [0.29, 0.717) is 35.6 Å². The van der Waals surface area contributed by atoms with Gasteiger partial charge in [-0.1, -0.05) is 0 Å². The number of aromatic nitrogens is 4. The molecule has 1 aromatic carbocycles. The van der Waals surface area contributed by atoms with Gasteiger partial charge >= 0.3 is 0 Å². The second kappa shape index (κ2) is 13.1. The maximum Gasteiger partial charge on any atom is 0.253 e. The van der Waals surface area contributed by atoms with Crippen molar-refractivity contribution < 1.29 is 13.9 Å².